The molecule has 0 radical (unpaired) electrons. The maximum Gasteiger partial charge on any atom is 0.109 e. The number of nitrogens with zero attached hydrogens (tertiary/aromatic N) is 1. The van der Waals surface area contributed by atoms with Gasteiger partial charge in [-0.2, -0.15) is 0 Å². The number of nitrogens with two attached hydrogens (primary N) is 1. The standard InChI is InChI=1S/C9H16N2S.C2H6/c1-6(10)8-11-5-7(12-8)9(2,3)4;1-2/h5-6H,10H2,1-4H3;1-2H3. The fourth-order valence-electron chi connectivity index (χ4n) is 0.845. The lowest BCUT2D eigenvalue weighted by Gasteiger charge is -2.14. The van der Waals surface area contributed by atoms with Gasteiger partial charge in [0.2, 0.25) is 0 Å². The molecule has 1 unspecified atom stereocenters. The highest BCUT2D eigenvalue weighted by molar-refractivity contribution is 7.11. The number of rotatable bonds is 1. The smallest absolute Gasteiger partial charge is 0.109 e. The lowest BCUT2D eigenvalue weighted by Crippen LogP contribution is -2.08. The average Bonchev–Trinajstić information content (AvgIpc) is 2.54. The zero-order valence-corrected chi connectivity index (χ0v) is 10.9. The Balaban J connectivity index is 0.000000791. The Morgan fingerprint density at radius 1 is 1.36 bits per heavy atom. The van der Waals surface area contributed by atoms with Crippen molar-refractivity contribution in [2.24, 2.45) is 5.73 Å². The van der Waals surface area contributed by atoms with Crippen molar-refractivity contribution in [1.29, 1.82) is 0 Å². The van der Waals surface area contributed by atoms with Crippen molar-refractivity contribution in [3.8, 4) is 0 Å². The van der Waals surface area contributed by atoms with E-state index < -0.39 is 0 Å². The summed E-state index contributed by atoms with van der Waals surface area (Å²) < 4.78 is 0. The van der Waals surface area contributed by atoms with Gasteiger partial charge < -0.3 is 5.73 Å². The summed E-state index contributed by atoms with van der Waals surface area (Å²) in [6.45, 7) is 12.5. The summed E-state index contributed by atoms with van der Waals surface area (Å²) >= 11 is 1.71. The molecule has 0 spiro atoms. The molecule has 14 heavy (non-hydrogen) atoms. The minimum absolute atomic E-state index is 0.0612. The van der Waals surface area contributed by atoms with Crippen LogP contribution in [0.4, 0.5) is 0 Å². The van der Waals surface area contributed by atoms with Crippen molar-refractivity contribution in [1.82, 2.24) is 4.98 Å². The first-order chi connectivity index (χ1) is 6.41. The van der Waals surface area contributed by atoms with E-state index in [-0.39, 0.29) is 11.5 Å². The topological polar surface area (TPSA) is 38.9 Å². The predicted octanol–water partition coefficient (Wildman–Crippen LogP) is 3.49. The molecular formula is C11H22N2S. The Labute approximate surface area is 91.6 Å². The van der Waals surface area contributed by atoms with E-state index >= 15 is 0 Å². The molecule has 2 N–H and O–H groups in total. The van der Waals surface area contributed by atoms with Crippen molar-refractivity contribution in [3.63, 3.8) is 0 Å². The zero-order valence-electron chi connectivity index (χ0n) is 10.1. The van der Waals surface area contributed by atoms with Crippen LogP contribution < -0.4 is 5.73 Å². The van der Waals surface area contributed by atoms with Crippen molar-refractivity contribution >= 4 is 11.3 Å². The van der Waals surface area contributed by atoms with Gasteiger partial charge in [0.05, 0.1) is 6.04 Å². The van der Waals surface area contributed by atoms with Crippen LogP contribution in [0.2, 0.25) is 0 Å². The fraction of sp³-hybridized carbons (Fsp3) is 0.727. The van der Waals surface area contributed by atoms with Gasteiger partial charge in [-0.3, -0.25) is 0 Å². The molecule has 1 rings (SSSR count). The van der Waals surface area contributed by atoms with E-state index in [0.29, 0.717) is 0 Å². The van der Waals surface area contributed by atoms with Gasteiger partial charge in [-0.05, 0) is 12.3 Å². The number of hydrogen-bond acceptors (Lipinski definition) is 3. The molecule has 0 aromatic carbocycles. The maximum atomic E-state index is 5.72. The van der Waals surface area contributed by atoms with E-state index in [9.17, 15) is 0 Å². The van der Waals surface area contributed by atoms with Gasteiger partial charge >= 0.3 is 0 Å². The molecule has 2 nitrogen and oxygen atoms in total. The second kappa shape index (κ2) is 5.47. The van der Waals surface area contributed by atoms with Crippen LogP contribution in [-0.4, -0.2) is 4.98 Å². The Kier molecular flexibility index (Phi) is 5.31. The molecule has 1 heterocycles. The third kappa shape index (κ3) is 3.76. The normalized spacial score (nSPS) is 13.1. The molecule has 0 fully saturated rings. The predicted molar refractivity (Wildman–Crippen MR) is 64.8 cm³/mol. The third-order valence-corrected chi connectivity index (χ3v) is 3.28. The van der Waals surface area contributed by atoms with Crippen LogP contribution in [0.25, 0.3) is 0 Å². The number of hydrogen-bond donors (Lipinski definition) is 1. The van der Waals surface area contributed by atoms with Crippen molar-refractivity contribution in [3.05, 3.63) is 16.1 Å². The van der Waals surface area contributed by atoms with Crippen LogP contribution >= 0.6 is 11.3 Å². The van der Waals surface area contributed by atoms with Crippen LogP contribution in [0.5, 0.6) is 0 Å². The maximum absolute atomic E-state index is 5.72. The molecule has 0 aliphatic rings. The molecule has 0 aliphatic carbocycles. The Bertz CT molecular complexity index is 258. The second-order valence-electron chi connectivity index (χ2n) is 4.10. The van der Waals surface area contributed by atoms with Crippen molar-refractivity contribution in [2.75, 3.05) is 0 Å². The van der Waals surface area contributed by atoms with Gasteiger partial charge in [0, 0.05) is 11.1 Å². The van der Waals surface area contributed by atoms with Gasteiger partial charge in [0.1, 0.15) is 5.01 Å². The number of thiazole rings is 1. The zero-order chi connectivity index (χ0) is 11.4. The Morgan fingerprint density at radius 3 is 2.07 bits per heavy atom. The largest absolute Gasteiger partial charge is 0.322 e. The fourth-order valence-corrected chi connectivity index (χ4v) is 1.77. The molecule has 0 aliphatic heterocycles. The van der Waals surface area contributed by atoms with Crippen LogP contribution in [-0.2, 0) is 5.41 Å². The minimum Gasteiger partial charge on any atom is -0.322 e. The molecule has 1 aromatic rings. The highest BCUT2D eigenvalue weighted by Crippen LogP contribution is 2.29. The molecule has 0 saturated carbocycles. The van der Waals surface area contributed by atoms with Gasteiger partial charge in [0.25, 0.3) is 0 Å². The molecule has 1 atom stereocenters. The average molecular weight is 214 g/mol. The van der Waals surface area contributed by atoms with Gasteiger partial charge in [-0.15, -0.1) is 11.3 Å². The van der Waals surface area contributed by atoms with E-state index in [2.05, 4.69) is 25.8 Å². The molecule has 1 aromatic heterocycles. The summed E-state index contributed by atoms with van der Waals surface area (Å²) in [4.78, 5) is 5.58. The monoisotopic (exact) mass is 214 g/mol. The molecule has 0 saturated heterocycles. The summed E-state index contributed by atoms with van der Waals surface area (Å²) in [6, 6.07) is 0.0612. The van der Waals surface area contributed by atoms with Crippen LogP contribution in [0.1, 0.15) is 57.5 Å². The first-order valence-corrected chi connectivity index (χ1v) is 5.94. The third-order valence-electron chi connectivity index (χ3n) is 1.65. The highest BCUT2D eigenvalue weighted by Gasteiger charge is 2.17. The van der Waals surface area contributed by atoms with E-state index in [1.165, 1.54) is 4.88 Å². The van der Waals surface area contributed by atoms with Gasteiger partial charge in [-0.1, -0.05) is 34.6 Å². The molecule has 3 heteroatoms. The summed E-state index contributed by atoms with van der Waals surface area (Å²) in [6.07, 6.45) is 1.93. The quantitative estimate of drug-likeness (QED) is 0.777. The van der Waals surface area contributed by atoms with E-state index in [0.717, 1.165) is 5.01 Å². The van der Waals surface area contributed by atoms with Gasteiger partial charge in [0.15, 0.2) is 0 Å². The van der Waals surface area contributed by atoms with E-state index in [1.807, 2.05) is 27.0 Å². The van der Waals surface area contributed by atoms with E-state index in [4.69, 9.17) is 5.73 Å². The van der Waals surface area contributed by atoms with Gasteiger partial charge in [-0.25, -0.2) is 4.98 Å². The minimum atomic E-state index is 0.0612. The van der Waals surface area contributed by atoms with Crippen molar-refractivity contribution in [2.45, 2.75) is 53.0 Å². The molecule has 0 bridgehead atoms. The van der Waals surface area contributed by atoms with Crippen molar-refractivity contribution < 1.29 is 0 Å². The Morgan fingerprint density at radius 2 is 1.86 bits per heavy atom. The first kappa shape index (κ1) is 13.6. The lowest BCUT2D eigenvalue weighted by atomic mass is 9.96. The summed E-state index contributed by atoms with van der Waals surface area (Å²) in [5, 5.41) is 1.03. The molecular weight excluding hydrogens is 192 g/mol. The SMILES string of the molecule is CC.CC(N)c1ncc(C(C)(C)C)s1. The molecule has 82 valence electrons. The summed E-state index contributed by atoms with van der Waals surface area (Å²) in [7, 11) is 0. The molecule has 0 amide bonds. The highest BCUT2D eigenvalue weighted by atomic mass is 32.1. The van der Waals surface area contributed by atoms with E-state index in [1.54, 1.807) is 11.3 Å². The first-order valence-electron chi connectivity index (χ1n) is 5.13. The summed E-state index contributed by atoms with van der Waals surface area (Å²) in [5.41, 5.74) is 5.92. The van der Waals surface area contributed by atoms with Crippen LogP contribution in [0.15, 0.2) is 6.20 Å². The Hall–Kier alpha value is -0.410. The second-order valence-corrected chi connectivity index (χ2v) is 5.16. The summed E-state index contributed by atoms with van der Waals surface area (Å²) in [5.74, 6) is 0. The number of aromatic nitrogens is 1. The van der Waals surface area contributed by atoms with Crippen LogP contribution in [0.3, 0.4) is 0 Å². The van der Waals surface area contributed by atoms with Crippen LogP contribution in [0, 0.1) is 0 Å². The lowest BCUT2D eigenvalue weighted by molar-refractivity contribution is 0.602.